The van der Waals surface area contributed by atoms with Crippen molar-refractivity contribution < 1.29 is 9.59 Å². The second-order valence-electron chi connectivity index (χ2n) is 5.14. The number of hydrogen-bond donors (Lipinski definition) is 0. The summed E-state index contributed by atoms with van der Waals surface area (Å²) in [5, 5.41) is 0.510. The summed E-state index contributed by atoms with van der Waals surface area (Å²) < 4.78 is 0.813. The molecular formula is C14H15ClINO2. The van der Waals surface area contributed by atoms with Gasteiger partial charge in [0.25, 0.3) is 5.91 Å². The van der Waals surface area contributed by atoms with Gasteiger partial charge in [-0.2, -0.15) is 0 Å². The summed E-state index contributed by atoms with van der Waals surface area (Å²) in [6.45, 7) is 4.67. The smallest absolute Gasteiger partial charge is 0.261 e. The largest absolute Gasteiger partial charge is 0.278 e. The Bertz CT molecular complexity index is 530. The summed E-state index contributed by atoms with van der Waals surface area (Å²) in [5.41, 5.74) is 0.505. The van der Waals surface area contributed by atoms with E-state index in [0.29, 0.717) is 29.5 Å². The Morgan fingerprint density at radius 3 is 2.74 bits per heavy atom. The number of nitrogens with zero attached hydrogens (tertiary/aromatic N) is 1. The highest BCUT2D eigenvalue weighted by Crippen LogP contribution is 2.27. The van der Waals surface area contributed by atoms with Crippen LogP contribution in [0.2, 0.25) is 5.02 Å². The monoisotopic (exact) mass is 391 g/mol. The Morgan fingerprint density at radius 1 is 1.47 bits per heavy atom. The lowest BCUT2D eigenvalue weighted by Crippen LogP contribution is -2.33. The molecule has 19 heavy (non-hydrogen) atoms. The number of benzene rings is 1. The van der Waals surface area contributed by atoms with Crippen LogP contribution in [-0.2, 0) is 4.79 Å². The normalized spacial score (nSPS) is 19.3. The molecular weight excluding hydrogens is 377 g/mol. The van der Waals surface area contributed by atoms with Crippen molar-refractivity contribution in [3.05, 3.63) is 32.4 Å². The minimum absolute atomic E-state index is 0.0838. The lowest BCUT2D eigenvalue weighted by molar-refractivity contribution is -0.125. The predicted octanol–water partition coefficient (Wildman–Crippen LogP) is 3.59. The van der Waals surface area contributed by atoms with Gasteiger partial charge in [-0.3, -0.25) is 14.5 Å². The van der Waals surface area contributed by atoms with Gasteiger partial charge in [0.15, 0.2) is 0 Å². The third-order valence-electron chi connectivity index (χ3n) is 3.50. The molecule has 1 aromatic rings. The van der Waals surface area contributed by atoms with Gasteiger partial charge in [0.2, 0.25) is 5.91 Å². The lowest BCUT2D eigenvalue weighted by Gasteiger charge is -2.17. The van der Waals surface area contributed by atoms with Crippen molar-refractivity contribution >= 4 is 46.0 Å². The predicted molar refractivity (Wildman–Crippen MR) is 83.2 cm³/mol. The zero-order valence-electron chi connectivity index (χ0n) is 10.8. The number of carbonyl (C=O) groups is 2. The van der Waals surface area contributed by atoms with E-state index in [1.54, 1.807) is 18.2 Å². The molecule has 5 heteroatoms. The molecule has 0 bridgehead atoms. The van der Waals surface area contributed by atoms with Crippen LogP contribution in [0.25, 0.3) is 0 Å². The standard InChI is InChI=1S/C14H15ClINO2/c1-8(2)9-5-13(18)17(7-9)14(19)11-6-10(15)3-4-12(11)16/h3-4,6,8-9H,5,7H2,1-2H3. The van der Waals surface area contributed by atoms with Crippen LogP contribution in [0.1, 0.15) is 30.6 Å². The summed E-state index contributed by atoms with van der Waals surface area (Å²) in [6, 6.07) is 5.15. The van der Waals surface area contributed by atoms with Crippen molar-refractivity contribution in [1.82, 2.24) is 4.90 Å². The fraction of sp³-hybridized carbons (Fsp3) is 0.429. The van der Waals surface area contributed by atoms with E-state index >= 15 is 0 Å². The summed E-state index contributed by atoms with van der Waals surface area (Å²) in [6.07, 6.45) is 0.459. The van der Waals surface area contributed by atoms with Crippen LogP contribution >= 0.6 is 34.2 Å². The molecule has 0 N–H and O–H groups in total. The second kappa shape index (κ2) is 5.79. The number of likely N-dealkylation sites (tertiary alicyclic amines) is 1. The van der Waals surface area contributed by atoms with Crippen LogP contribution < -0.4 is 0 Å². The maximum atomic E-state index is 12.4. The van der Waals surface area contributed by atoms with Crippen molar-refractivity contribution in [1.29, 1.82) is 0 Å². The molecule has 0 saturated carbocycles. The number of amides is 2. The highest BCUT2D eigenvalue weighted by Gasteiger charge is 2.36. The fourth-order valence-corrected chi connectivity index (χ4v) is 2.92. The molecule has 1 aliphatic rings. The number of rotatable bonds is 2. The number of imide groups is 1. The Hall–Kier alpha value is -0.620. The highest BCUT2D eigenvalue weighted by molar-refractivity contribution is 14.1. The van der Waals surface area contributed by atoms with Crippen molar-refractivity contribution in [3.63, 3.8) is 0 Å². The minimum Gasteiger partial charge on any atom is -0.278 e. The van der Waals surface area contributed by atoms with Gasteiger partial charge >= 0.3 is 0 Å². The van der Waals surface area contributed by atoms with Crippen LogP contribution in [0.3, 0.4) is 0 Å². The van der Waals surface area contributed by atoms with E-state index < -0.39 is 0 Å². The maximum absolute atomic E-state index is 12.4. The van der Waals surface area contributed by atoms with E-state index in [0.717, 1.165) is 3.57 Å². The number of carbonyl (C=O) groups excluding carboxylic acids is 2. The topological polar surface area (TPSA) is 37.4 Å². The number of halogens is 2. The molecule has 102 valence electrons. The van der Waals surface area contributed by atoms with Crippen molar-refractivity contribution in [2.45, 2.75) is 20.3 Å². The van der Waals surface area contributed by atoms with Crippen LogP contribution in [0.4, 0.5) is 0 Å². The molecule has 1 heterocycles. The molecule has 1 aliphatic heterocycles. The van der Waals surface area contributed by atoms with Gasteiger partial charge in [-0.05, 0) is 52.6 Å². The quantitative estimate of drug-likeness (QED) is 0.571. The van der Waals surface area contributed by atoms with Gasteiger partial charge < -0.3 is 0 Å². The van der Waals surface area contributed by atoms with E-state index in [9.17, 15) is 9.59 Å². The van der Waals surface area contributed by atoms with Crippen molar-refractivity contribution in [3.8, 4) is 0 Å². The van der Waals surface area contributed by atoms with Gasteiger partial charge in [-0.15, -0.1) is 0 Å². The van der Waals surface area contributed by atoms with Gasteiger partial charge in [0.1, 0.15) is 0 Å². The van der Waals surface area contributed by atoms with Crippen LogP contribution in [-0.4, -0.2) is 23.3 Å². The molecule has 1 unspecified atom stereocenters. The molecule has 1 fully saturated rings. The average Bonchev–Trinajstić information content (AvgIpc) is 2.74. The van der Waals surface area contributed by atoms with Gasteiger partial charge in [0, 0.05) is 21.6 Å². The first-order chi connectivity index (χ1) is 8.90. The fourth-order valence-electron chi connectivity index (χ4n) is 2.18. The summed E-state index contributed by atoms with van der Waals surface area (Å²) in [7, 11) is 0. The third-order valence-corrected chi connectivity index (χ3v) is 4.68. The lowest BCUT2D eigenvalue weighted by atomic mass is 9.95. The summed E-state index contributed by atoms with van der Waals surface area (Å²) in [4.78, 5) is 25.8. The molecule has 0 radical (unpaired) electrons. The first-order valence-electron chi connectivity index (χ1n) is 6.20. The molecule has 2 rings (SSSR count). The Labute approximate surface area is 131 Å². The van der Waals surface area contributed by atoms with Crippen LogP contribution in [0.5, 0.6) is 0 Å². The molecule has 0 spiro atoms. The molecule has 1 aromatic carbocycles. The average molecular weight is 392 g/mol. The Balaban J connectivity index is 2.25. The van der Waals surface area contributed by atoms with Gasteiger partial charge in [-0.25, -0.2) is 0 Å². The van der Waals surface area contributed by atoms with Crippen LogP contribution in [0.15, 0.2) is 18.2 Å². The first kappa shape index (κ1) is 14.8. The van der Waals surface area contributed by atoms with E-state index in [-0.39, 0.29) is 17.7 Å². The summed E-state index contributed by atoms with van der Waals surface area (Å²) >= 11 is 8.01. The minimum atomic E-state index is -0.236. The summed E-state index contributed by atoms with van der Waals surface area (Å²) in [5.74, 6) is 0.341. The maximum Gasteiger partial charge on any atom is 0.261 e. The number of hydrogen-bond acceptors (Lipinski definition) is 2. The van der Waals surface area contributed by atoms with Crippen LogP contribution in [0, 0.1) is 15.4 Å². The molecule has 3 nitrogen and oxygen atoms in total. The van der Waals surface area contributed by atoms with E-state index in [2.05, 4.69) is 36.4 Å². The van der Waals surface area contributed by atoms with Crippen molar-refractivity contribution in [2.75, 3.05) is 6.54 Å². The van der Waals surface area contributed by atoms with E-state index in [1.165, 1.54) is 4.90 Å². The second-order valence-corrected chi connectivity index (χ2v) is 6.74. The van der Waals surface area contributed by atoms with E-state index in [4.69, 9.17) is 11.6 Å². The SMILES string of the molecule is CC(C)C1CC(=O)N(C(=O)c2cc(Cl)ccc2I)C1. The first-order valence-corrected chi connectivity index (χ1v) is 7.65. The Morgan fingerprint density at radius 2 is 2.16 bits per heavy atom. The van der Waals surface area contributed by atoms with Gasteiger partial charge in [-0.1, -0.05) is 25.4 Å². The molecule has 0 aromatic heterocycles. The van der Waals surface area contributed by atoms with Crippen molar-refractivity contribution in [2.24, 2.45) is 11.8 Å². The third kappa shape index (κ3) is 3.11. The van der Waals surface area contributed by atoms with E-state index in [1.807, 2.05) is 0 Å². The molecule has 1 saturated heterocycles. The van der Waals surface area contributed by atoms with Gasteiger partial charge in [0.05, 0.1) is 5.56 Å². The highest BCUT2D eigenvalue weighted by atomic mass is 127. The molecule has 2 amide bonds. The molecule has 0 aliphatic carbocycles. The molecule has 1 atom stereocenters. The Kier molecular flexibility index (Phi) is 4.50. The zero-order valence-corrected chi connectivity index (χ0v) is 13.7. The zero-order chi connectivity index (χ0) is 14.2.